The molecule has 1 aliphatic carbocycles. The summed E-state index contributed by atoms with van der Waals surface area (Å²) >= 11 is 0. The first-order valence-electron chi connectivity index (χ1n) is 10.9. The molecular formula is C28H24N4O. The van der Waals surface area contributed by atoms with Gasteiger partial charge in [-0.25, -0.2) is 4.98 Å². The Morgan fingerprint density at radius 2 is 1.67 bits per heavy atom. The van der Waals surface area contributed by atoms with Crippen LogP contribution in [0.1, 0.15) is 12.1 Å². The molecule has 0 radical (unpaired) electrons. The largest absolute Gasteiger partial charge is 0.355 e. The summed E-state index contributed by atoms with van der Waals surface area (Å²) in [4.78, 5) is 18.2. The highest BCUT2D eigenvalue weighted by Gasteiger charge is 2.17. The van der Waals surface area contributed by atoms with Gasteiger partial charge < -0.3 is 10.6 Å². The molecule has 1 aliphatic rings. The highest BCUT2D eigenvalue weighted by Crippen LogP contribution is 2.29. The van der Waals surface area contributed by atoms with E-state index in [1.807, 2.05) is 96.4 Å². The van der Waals surface area contributed by atoms with Crippen LogP contribution in [0, 0.1) is 6.92 Å². The van der Waals surface area contributed by atoms with E-state index in [2.05, 4.69) is 22.8 Å². The van der Waals surface area contributed by atoms with E-state index < -0.39 is 0 Å². The van der Waals surface area contributed by atoms with Crippen LogP contribution in [0.15, 0.2) is 114 Å². The molecule has 0 saturated carbocycles. The summed E-state index contributed by atoms with van der Waals surface area (Å²) in [5.41, 5.74) is 4.80. The fraction of sp³-hybridized carbons (Fsp3) is 0.0714. The molecule has 0 spiro atoms. The second kappa shape index (κ2) is 9.01. The van der Waals surface area contributed by atoms with Crippen molar-refractivity contribution >= 4 is 28.2 Å². The molecule has 162 valence electrons. The molecule has 5 rings (SSSR count). The van der Waals surface area contributed by atoms with E-state index in [1.165, 1.54) is 0 Å². The molecule has 0 atom stereocenters. The summed E-state index contributed by atoms with van der Waals surface area (Å²) in [6.07, 6.45) is 11.1. The zero-order valence-electron chi connectivity index (χ0n) is 18.3. The number of allylic oxidation sites excluding steroid dienone is 5. The Hall–Kier alpha value is -4.38. The fourth-order valence-corrected chi connectivity index (χ4v) is 3.95. The first kappa shape index (κ1) is 20.5. The molecule has 0 amide bonds. The number of para-hydroxylation sites is 2. The van der Waals surface area contributed by atoms with Crippen LogP contribution in [0.3, 0.4) is 0 Å². The molecular weight excluding hydrogens is 408 g/mol. The van der Waals surface area contributed by atoms with Gasteiger partial charge in [0, 0.05) is 28.8 Å². The first-order chi connectivity index (χ1) is 16.2. The standard InChI is InChI=1S/C28H24N4O/c1-20-18-24(30-21-12-6-2-3-7-13-21)27-25(33)19-26(31-22-14-8-4-9-15-22)32(28(27)29-20)23-16-10-5-11-17-23/h2,4-19,31H,3H2,1H3,(H,29,30). The summed E-state index contributed by atoms with van der Waals surface area (Å²) in [5, 5.41) is 7.39. The van der Waals surface area contributed by atoms with Crippen LogP contribution in [0.4, 0.5) is 17.2 Å². The maximum atomic E-state index is 13.4. The normalized spacial score (nSPS) is 12.9. The van der Waals surface area contributed by atoms with E-state index in [9.17, 15) is 4.79 Å². The lowest BCUT2D eigenvalue weighted by Crippen LogP contribution is -2.15. The van der Waals surface area contributed by atoms with Gasteiger partial charge in [0.25, 0.3) is 0 Å². The van der Waals surface area contributed by atoms with E-state index in [4.69, 9.17) is 4.98 Å². The number of anilines is 3. The first-order valence-corrected chi connectivity index (χ1v) is 10.9. The minimum atomic E-state index is -0.0978. The maximum Gasteiger partial charge on any atom is 0.195 e. The monoisotopic (exact) mass is 432 g/mol. The number of hydrogen-bond acceptors (Lipinski definition) is 4. The molecule has 0 unspecified atom stereocenters. The number of benzene rings is 2. The Morgan fingerprint density at radius 1 is 0.909 bits per heavy atom. The molecule has 2 aromatic heterocycles. The maximum absolute atomic E-state index is 13.4. The molecule has 2 aromatic carbocycles. The summed E-state index contributed by atoms with van der Waals surface area (Å²) in [6, 6.07) is 23.3. The van der Waals surface area contributed by atoms with Crippen molar-refractivity contribution in [1.29, 1.82) is 0 Å². The number of hydrogen-bond donors (Lipinski definition) is 2. The molecule has 5 nitrogen and oxygen atoms in total. The fourth-order valence-electron chi connectivity index (χ4n) is 3.95. The number of rotatable bonds is 5. The topological polar surface area (TPSA) is 59.0 Å². The predicted octanol–water partition coefficient (Wildman–Crippen LogP) is 6.25. The molecule has 0 fully saturated rings. The summed E-state index contributed by atoms with van der Waals surface area (Å²) in [6.45, 7) is 1.94. The van der Waals surface area contributed by atoms with Gasteiger partial charge in [0.2, 0.25) is 0 Å². The van der Waals surface area contributed by atoms with Gasteiger partial charge in [-0.1, -0.05) is 54.6 Å². The summed E-state index contributed by atoms with van der Waals surface area (Å²) < 4.78 is 2.00. The molecule has 5 heteroatoms. The van der Waals surface area contributed by atoms with Crippen molar-refractivity contribution in [2.75, 3.05) is 10.6 Å². The van der Waals surface area contributed by atoms with E-state index in [-0.39, 0.29) is 5.43 Å². The van der Waals surface area contributed by atoms with Crippen molar-refractivity contribution in [3.63, 3.8) is 0 Å². The van der Waals surface area contributed by atoms with Gasteiger partial charge in [-0.15, -0.1) is 0 Å². The number of aryl methyl sites for hydroxylation is 1. The van der Waals surface area contributed by atoms with Crippen molar-refractivity contribution in [2.45, 2.75) is 13.3 Å². The SMILES string of the molecule is Cc1cc(NC2=CC=CCC=C2)c2c(=O)cc(Nc3ccccc3)n(-c3ccccc3)c2n1. The third kappa shape index (κ3) is 4.34. The zero-order chi connectivity index (χ0) is 22.6. The summed E-state index contributed by atoms with van der Waals surface area (Å²) in [5.74, 6) is 0.658. The van der Waals surface area contributed by atoms with Crippen LogP contribution in [0.5, 0.6) is 0 Å². The van der Waals surface area contributed by atoms with Crippen LogP contribution in [0.2, 0.25) is 0 Å². The lowest BCUT2D eigenvalue weighted by molar-refractivity contribution is 1.05. The minimum absolute atomic E-state index is 0.0978. The number of pyridine rings is 2. The number of nitrogens with zero attached hydrogens (tertiary/aromatic N) is 2. The van der Waals surface area contributed by atoms with E-state index >= 15 is 0 Å². The van der Waals surface area contributed by atoms with Gasteiger partial charge in [-0.05, 0) is 55.8 Å². The Kier molecular flexibility index (Phi) is 5.60. The van der Waals surface area contributed by atoms with E-state index in [1.54, 1.807) is 6.07 Å². The molecule has 0 aliphatic heterocycles. The van der Waals surface area contributed by atoms with Gasteiger partial charge in [0.15, 0.2) is 11.1 Å². The highest BCUT2D eigenvalue weighted by molar-refractivity contribution is 5.93. The van der Waals surface area contributed by atoms with Gasteiger partial charge in [0.05, 0.1) is 11.1 Å². The minimum Gasteiger partial charge on any atom is -0.355 e. The van der Waals surface area contributed by atoms with E-state index in [0.29, 0.717) is 16.9 Å². The van der Waals surface area contributed by atoms with Crippen molar-refractivity contribution in [3.05, 3.63) is 125 Å². The lowest BCUT2D eigenvalue weighted by atomic mass is 10.1. The number of aromatic nitrogens is 2. The smallest absolute Gasteiger partial charge is 0.195 e. The van der Waals surface area contributed by atoms with E-state index in [0.717, 1.165) is 34.9 Å². The van der Waals surface area contributed by atoms with Crippen LogP contribution < -0.4 is 16.1 Å². The summed E-state index contributed by atoms with van der Waals surface area (Å²) in [7, 11) is 0. The van der Waals surface area contributed by atoms with Crippen LogP contribution >= 0.6 is 0 Å². The quantitative estimate of drug-likeness (QED) is 0.391. The van der Waals surface area contributed by atoms with Gasteiger partial charge in [-0.2, -0.15) is 0 Å². The van der Waals surface area contributed by atoms with Crippen molar-refractivity contribution in [3.8, 4) is 5.69 Å². The lowest BCUT2D eigenvalue weighted by Gasteiger charge is -2.20. The Balaban J connectivity index is 1.75. The second-order valence-electron chi connectivity index (χ2n) is 7.88. The van der Waals surface area contributed by atoms with Crippen molar-refractivity contribution in [1.82, 2.24) is 9.55 Å². The molecule has 0 saturated heterocycles. The Morgan fingerprint density at radius 3 is 2.45 bits per heavy atom. The average molecular weight is 433 g/mol. The molecule has 2 N–H and O–H groups in total. The highest BCUT2D eigenvalue weighted by atomic mass is 16.1. The van der Waals surface area contributed by atoms with Crippen LogP contribution in [0.25, 0.3) is 16.7 Å². The molecule has 33 heavy (non-hydrogen) atoms. The molecule has 0 bridgehead atoms. The molecule has 2 heterocycles. The van der Waals surface area contributed by atoms with Gasteiger partial charge in [0.1, 0.15) is 5.82 Å². The average Bonchev–Trinajstić information content (AvgIpc) is 3.09. The second-order valence-corrected chi connectivity index (χ2v) is 7.88. The van der Waals surface area contributed by atoms with Crippen LogP contribution in [-0.4, -0.2) is 9.55 Å². The third-order valence-electron chi connectivity index (χ3n) is 5.42. The van der Waals surface area contributed by atoms with Crippen molar-refractivity contribution < 1.29 is 0 Å². The van der Waals surface area contributed by atoms with Gasteiger partial charge in [-0.3, -0.25) is 9.36 Å². The van der Waals surface area contributed by atoms with Crippen molar-refractivity contribution in [2.24, 2.45) is 0 Å². The number of nitrogens with one attached hydrogen (secondary N) is 2. The zero-order valence-corrected chi connectivity index (χ0v) is 18.3. The predicted molar refractivity (Wildman–Crippen MR) is 136 cm³/mol. The van der Waals surface area contributed by atoms with Crippen LogP contribution in [-0.2, 0) is 0 Å². The van der Waals surface area contributed by atoms with Gasteiger partial charge >= 0.3 is 0 Å². The Bertz CT molecular complexity index is 1450. The molecule has 4 aromatic rings. The Labute approximate surface area is 192 Å². The third-order valence-corrected chi connectivity index (χ3v) is 5.42. The number of fused-ring (bicyclic) bond motifs is 1.